The Hall–Kier alpha value is -1.20. The van der Waals surface area contributed by atoms with Crippen LogP contribution in [0, 0.1) is 0 Å². The molecule has 1 aliphatic rings. The van der Waals surface area contributed by atoms with Gasteiger partial charge < -0.3 is 5.32 Å². The second-order valence-electron chi connectivity index (χ2n) is 5.98. The van der Waals surface area contributed by atoms with Gasteiger partial charge in [0, 0.05) is 18.0 Å². The fourth-order valence-corrected chi connectivity index (χ4v) is 2.99. The van der Waals surface area contributed by atoms with E-state index in [1.807, 2.05) is 0 Å². The quantitative estimate of drug-likeness (QED) is 0.840. The monoisotopic (exact) mass is 303 g/mol. The third-order valence-corrected chi connectivity index (χ3v) is 4.22. The minimum absolute atomic E-state index is 0.0311. The highest BCUT2D eigenvalue weighted by molar-refractivity contribution is 5.41. The lowest BCUT2D eigenvalue weighted by molar-refractivity contribution is -0.173. The van der Waals surface area contributed by atoms with Crippen LogP contribution in [0.1, 0.15) is 70.5 Å². The second-order valence-corrected chi connectivity index (χ2v) is 5.98. The summed E-state index contributed by atoms with van der Waals surface area (Å²) in [5.74, 6) is 0.745. The molecular weight excluding hydrogens is 279 g/mol. The van der Waals surface area contributed by atoms with Crippen LogP contribution in [0.4, 0.5) is 19.0 Å². The van der Waals surface area contributed by atoms with Crippen molar-refractivity contribution < 1.29 is 13.2 Å². The van der Waals surface area contributed by atoms with Crippen LogP contribution in [-0.2, 0) is 0 Å². The van der Waals surface area contributed by atoms with Crippen molar-refractivity contribution in [2.45, 2.75) is 77.1 Å². The Labute approximate surface area is 123 Å². The Balaban J connectivity index is 2.29. The molecule has 0 amide bonds. The van der Waals surface area contributed by atoms with E-state index in [0.29, 0.717) is 5.82 Å². The van der Waals surface area contributed by atoms with Gasteiger partial charge in [0.05, 0.1) is 5.69 Å². The zero-order valence-electron chi connectivity index (χ0n) is 12.9. The minimum atomic E-state index is -4.25. The largest absolute Gasteiger partial charge is 0.410 e. The highest BCUT2D eigenvalue weighted by atomic mass is 19.4. The standard InChI is InChI=1S/C15H24F3N3/c1-4-6-7-11(5-2)12-9-14-19-10(3)8-13(15(16,17)18)21(14)20-12/h9-11,13,19H,4-8H2,1-3H3. The Morgan fingerprint density at radius 2 is 2.14 bits per heavy atom. The Morgan fingerprint density at radius 1 is 1.43 bits per heavy atom. The Kier molecular flexibility index (Phi) is 4.84. The zero-order valence-corrected chi connectivity index (χ0v) is 12.9. The van der Waals surface area contributed by atoms with Crippen LogP contribution in [0.15, 0.2) is 6.07 Å². The second kappa shape index (κ2) is 6.28. The highest BCUT2D eigenvalue weighted by Gasteiger charge is 2.45. The molecule has 1 aromatic heterocycles. The lowest BCUT2D eigenvalue weighted by Crippen LogP contribution is -2.37. The van der Waals surface area contributed by atoms with E-state index in [1.54, 1.807) is 13.0 Å². The van der Waals surface area contributed by atoms with E-state index >= 15 is 0 Å². The van der Waals surface area contributed by atoms with E-state index in [0.717, 1.165) is 36.1 Å². The van der Waals surface area contributed by atoms with Gasteiger partial charge >= 0.3 is 6.18 Å². The summed E-state index contributed by atoms with van der Waals surface area (Å²) in [4.78, 5) is 0. The van der Waals surface area contributed by atoms with Crippen LogP contribution in [-0.4, -0.2) is 22.0 Å². The van der Waals surface area contributed by atoms with Crippen molar-refractivity contribution in [3.8, 4) is 0 Å². The summed E-state index contributed by atoms with van der Waals surface area (Å²) < 4.78 is 40.7. The number of rotatable bonds is 5. The Bertz CT molecular complexity index is 467. The highest BCUT2D eigenvalue weighted by Crippen LogP contribution is 2.40. The Morgan fingerprint density at radius 3 is 2.71 bits per heavy atom. The summed E-state index contributed by atoms with van der Waals surface area (Å²) in [6, 6.07) is 0.101. The number of fused-ring (bicyclic) bond motifs is 1. The summed E-state index contributed by atoms with van der Waals surface area (Å²) in [5, 5.41) is 7.41. The molecule has 0 saturated carbocycles. The van der Waals surface area contributed by atoms with Gasteiger partial charge in [-0.1, -0.05) is 26.7 Å². The summed E-state index contributed by atoms with van der Waals surface area (Å²) in [6.45, 7) is 5.97. The van der Waals surface area contributed by atoms with Crippen molar-refractivity contribution in [2.24, 2.45) is 0 Å². The van der Waals surface area contributed by atoms with Gasteiger partial charge in [0.2, 0.25) is 0 Å². The predicted molar refractivity (Wildman–Crippen MR) is 77.6 cm³/mol. The molecule has 0 saturated heterocycles. The van der Waals surface area contributed by atoms with Gasteiger partial charge in [-0.2, -0.15) is 18.3 Å². The van der Waals surface area contributed by atoms with E-state index in [-0.39, 0.29) is 18.4 Å². The summed E-state index contributed by atoms with van der Waals surface area (Å²) in [5.41, 5.74) is 0.789. The molecule has 0 bridgehead atoms. The van der Waals surface area contributed by atoms with Crippen LogP contribution in [0.2, 0.25) is 0 Å². The number of nitrogens with one attached hydrogen (secondary N) is 1. The van der Waals surface area contributed by atoms with E-state index < -0.39 is 12.2 Å². The molecule has 6 heteroatoms. The zero-order chi connectivity index (χ0) is 15.6. The van der Waals surface area contributed by atoms with Crippen LogP contribution in [0.3, 0.4) is 0 Å². The van der Waals surface area contributed by atoms with Crippen molar-refractivity contribution >= 4 is 5.82 Å². The lowest BCUT2D eigenvalue weighted by Gasteiger charge is -2.31. The third-order valence-electron chi connectivity index (χ3n) is 4.22. The number of nitrogens with zero attached hydrogens (tertiary/aromatic N) is 2. The van der Waals surface area contributed by atoms with Crippen molar-refractivity contribution in [1.82, 2.24) is 9.78 Å². The van der Waals surface area contributed by atoms with Gasteiger partial charge in [-0.3, -0.25) is 0 Å². The molecule has 0 fully saturated rings. The normalized spacial score (nSPS) is 23.5. The van der Waals surface area contributed by atoms with Crippen molar-refractivity contribution in [2.75, 3.05) is 5.32 Å². The van der Waals surface area contributed by atoms with E-state index in [1.165, 1.54) is 0 Å². The van der Waals surface area contributed by atoms with Crippen molar-refractivity contribution in [3.05, 3.63) is 11.8 Å². The van der Waals surface area contributed by atoms with Gasteiger partial charge in [-0.25, -0.2) is 4.68 Å². The summed E-state index contributed by atoms with van der Waals surface area (Å²) >= 11 is 0. The number of unbranched alkanes of at least 4 members (excludes halogenated alkanes) is 1. The molecule has 21 heavy (non-hydrogen) atoms. The van der Waals surface area contributed by atoms with Gasteiger partial charge in [0.1, 0.15) is 5.82 Å². The van der Waals surface area contributed by atoms with Crippen LogP contribution in [0.5, 0.6) is 0 Å². The number of alkyl halides is 3. The maximum absolute atomic E-state index is 13.2. The third kappa shape index (κ3) is 3.52. The summed E-state index contributed by atoms with van der Waals surface area (Å²) in [7, 11) is 0. The molecular formula is C15H24F3N3. The predicted octanol–water partition coefficient (Wildman–Crippen LogP) is 4.87. The molecule has 1 N–H and O–H groups in total. The van der Waals surface area contributed by atoms with E-state index in [2.05, 4.69) is 24.3 Å². The lowest BCUT2D eigenvalue weighted by atomic mass is 9.96. The molecule has 1 aromatic rings. The van der Waals surface area contributed by atoms with E-state index in [4.69, 9.17) is 0 Å². The molecule has 3 nitrogen and oxygen atoms in total. The molecule has 0 aromatic carbocycles. The molecule has 2 heterocycles. The first-order valence-electron chi connectivity index (χ1n) is 7.79. The van der Waals surface area contributed by atoms with Gasteiger partial charge in [-0.05, 0) is 26.2 Å². The average Bonchev–Trinajstić information content (AvgIpc) is 2.80. The van der Waals surface area contributed by atoms with Gasteiger partial charge in [0.15, 0.2) is 6.04 Å². The molecule has 2 rings (SSSR count). The number of halogens is 3. The fraction of sp³-hybridized carbons (Fsp3) is 0.800. The van der Waals surface area contributed by atoms with Crippen LogP contribution >= 0.6 is 0 Å². The molecule has 120 valence electrons. The van der Waals surface area contributed by atoms with Crippen molar-refractivity contribution in [1.29, 1.82) is 0 Å². The summed E-state index contributed by atoms with van der Waals surface area (Å²) in [6.07, 6.45) is -0.168. The number of hydrogen-bond donors (Lipinski definition) is 1. The van der Waals surface area contributed by atoms with E-state index in [9.17, 15) is 13.2 Å². The van der Waals surface area contributed by atoms with Crippen LogP contribution in [0.25, 0.3) is 0 Å². The first-order chi connectivity index (χ1) is 9.86. The number of anilines is 1. The maximum Gasteiger partial charge on any atom is 0.410 e. The number of aromatic nitrogens is 2. The molecule has 3 atom stereocenters. The topological polar surface area (TPSA) is 29.9 Å². The number of hydrogen-bond acceptors (Lipinski definition) is 2. The molecule has 0 radical (unpaired) electrons. The molecule has 1 aliphatic heterocycles. The molecule has 0 aliphatic carbocycles. The smallest absolute Gasteiger partial charge is 0.368 e. The maximum atomic E-state index is 13.2. The molecule has 3 unspecified atom stereocenters. The average molecular weight is 303 g/mol. The minimum Gasteiger partial charge on any atom is -0.368 e. The van der Waals surface area contributed by atoms with Crippen molar-refractivity contribution in [3.63, 3.8) is 0 Å². The van der Waals surface area contributed by atoms with Gasteiger partial charge in [-0.15, -0.1) is 0 Å². The fourth-order valence-electron chi connectivity index (χ4n) is 2.99. The first kappa shape index (κ1) is 16.2. The SMILES string of the molecule is CCCCC(CC)c1cc2n(n1)C(C(F)(F)F)CC(C)N2. The van der Waals surface area contributed by atoms with Crippen LogP contribution < -0.4 is 5.32 Å². The first-order valence-corrected chi connectivity index (χ1v) is 7.79. The van der Waals surface area contributed by atoms with Gasteiger partial charge in [0.25, 0.3) is 0 Å². The molecule has 0 spiro atoms.